The van der Waals surface area contributed by atoms with Crippen molar-refractivity contribution in [2.75, 3.05) is 41.0 Å². The van der Waals surface area contributed by atoms with Crippen LogP contribution >= 0.6 is 0 Å². The lowest BCUT2D eigenvalue weighted by molar-refractivity contribution is -0.952. The first-order valence-electron chi connectivity index (χ1n) is 15.3. The number of hydrogen-bond acceptors (Lipinski definition) is 4. The Labute approximate surface area is 233 Å². The van der Waals surface area contributed by atoms with Crippen LogP contribution in [0.2, 0.25) is 0 Å². The van der Waals surface area contributed by atoms with Crippen molar-refractivity contribution in [1.29, 1.82) is 0 Å². The van der Waals surface area contributed by atoms with E-state index >= 15 is 0 Å². The van der Waals surface area contributed by atoms with Crippen LogP contribution in [0.1, 0.15) is 60.8 Å². The maximum absolute atomic E-state index is 7.18. The van der Waals surface area contributed by atoms with Gasteiger partial charge in [0.1, 0.15) is 11.7 Å². The average Bonchev–Trinajstić information content (AvgIpc) is 3.68. The monoisotopic (exact) mass is 530 g/mol. The van der Waals surface area contributed by atoms with E-state index in [-0.39, 0.29) is 22.5 Å². The predicted octanol–water partition coefficient (Wildman–Crippen LogP) is 5.59. The number of aryl methyl sites for hydroxylation is 1. The van der Waals surface area contributed by atoms with Crippen molar-refractivity contribution in [1.82, 2.24) is 0 Å². The molecule has 2 aromatic rings. The van der Waals surface area contributed by atoms with Crippen LogP contribution in [0.25, 0.3) is 0 Å². The van der Waals surface area contributed by atoms with Crippen molar-refractivity contribution in [2.24, 2.45) is 17.3 Å². The third-order valence-corrected chi connectivity index (χ3v) is 12.4. The number of benzene rings is 2. The Morgan fingerprint density at radius 1 is 1.03 bits per heavy atom. The zero-order valence-electron chi connectivity index (χ0n) is 24.1. The van der Waals surface area contributed by atoms with Crippen molar-refractivity contribution < 1.29 is 23.4 Å². The highest BCUT2D eigenvalue weighted by atomic mass is 16.6. The third-order valence-electron chi connectivity index (χ3n) is 12.4. The van der Waals surface area contributed by atoms with Gasteiger partial charge >= 0.3 is 0 Å². The number of rotatable bonds is 8. The summed E-state index contributed by atoms with van der Waals surface area (Å²) >= 11 is 0. The fraction of sp³-hybridized carbons (Fsp3) is 0.647. The smallest absolute Gasteiger partial charge is 0.165 e. The molecule has 4 saturated carbocycles. The molecule has 9 rings (SSSR count). The van der Waals surface area contributed by atoms with Crippen LogP contribution in [0, 0.1) is 24.2 Å². The first kappa shape index (κ1) is 24.7. The highest BCUT2D eigenvalue weighted by Crippen LogP contribution is 2.77. The molecule has 2 aromatic carbocycles. The van der Waals surface area contributed by atoms with E-state index in [0.29, 0.717) is 18.6 Å². The minimum absolute atomic E-state index is 0.0121. The van der Waals surface area contributed by atoms with Gasteiger partial charge in [0.05, 0.1) is 51.9 Å². The van der Waals surface area contributed by atoms with Crippen molar-refractivity contribution >= 4 is 0 Å². The van der Waals surface area contributed by atoms with Crippen LogP contribution < -0.4 is 9.47 Å². The molecule has 39 heavy (non-hydrogen) atoms. The normalized spacial score (nSPS) is 40.8. The summed E-state index contributed by atoms with van der Waals surface area (Å²) in [7, 11) is 6.32. The minimum Gasteiger partial charge on any atom is -0.493 e. The van der Waals surface area contributed by atoms with Gasteiger partial charge in [0.25, 0.3) is 0 Å². The number of nitrogens with zero attached hydrogens (tertiary/aromatic N) is 1. The van der Waals surface area contributed by atoms with Gasteiger partial charge in [-0.3, -0.25) is 0 Å². The largest absolute Gasteiger partial charge is 0.493 e. The quantitative estimate of drug-likeness (QED) is 0.417. The van der Waals surface area contributed by atoms with E-state index in [4.69, 9.17) is 18.9 Å². The van der Waals surface area contributed by atoms with Gasteiger partial charge in [-0.15, -0.1) is 0 Å². The summed E-state index contributed by atoms with van der Waals surface area (Å²) in [5.74, 6) is 3.15. The predicted molar refractivity (Wildman–Crippen MR) is 150 cm³/mol. The molecule has 4 bridgehead atoms. The van der Waals surface area contributed by atoms with E-state index in [1.165, 1.54) is 71.9 Å². The van der Waals surface area contributed by atoms with E-state index < -0.39 is 0 Å². The lowest BCUT2D eigenvalue weighted by Crippen LogP contribution is -2.83. The Hall–Kier alpha value is -2.08. The number of methoxy groups -OCH3 is 2. The number of quaternary nitrogens is 1. The second-order valence-corrected chi connectivity index (χ2v) is 14.1. The Bertz CT molecular complexity index is 1310. The number of piperidine rings is 1. The van der Waals surface area contributed by atoms with Crippen molar-refractivity contribution in [2.45, 2.75) is 81.6 Å². The molecule has 0 amide bonds. The molecule has 7 atom stereocenters. The van der Waals surface area contributed by atoms with Gasteiger partial charge in [0.2, 0.25) is 0 Å². The first-order chi connectivity index (χ1) is 18.9. The summed E-state index contributed by atoms with van der Waals surface area (Å²) < 4.78 is 27.6. The summed E-state index contributed by atoms with van der Waals surface area (Å²) in [5, 5.41) is 0. The maximum Gasteiger partial charge on any atom is 0.165 e. The molecule has 5 aliphatic carbocycles. The van der Waals surface area contributed by atoms with Crippen LogP contribution in [0.3, 0.4) is 0 Å². The average molecular weight is 531 g/mol. The van der Waals surface area contributed by atoms with E-state index in [1.807, 2.05) is 7.11 Å². The van der Waals surface area contributed by atoms with E-state index in [1.54, 1.807) is 7.11 Å². The van der Waals surface area contributed by atoms with E-state index in [9.17, 15) is 0 Å². The topological polar surface area (TPSA) is 36.9 Å². The Morgan fingerprint density at radius 2 is 1.85 bits per heavy atom. The SMILES string of the molecule is COc1ccc2c3c1OC1C4(OC)CCC5(CC4COCc4ccc(C)cc4)C(C2)[N+](C)(CC2CC2)CCC315. The molecule has 5 fully saturated rings. The molecule has 0 aromatic heterocycles. The number of hydrogen-bond donors (Lipinski definition) is 0. The maximum atomic E-state index is 7.18. The molecule has 5 heteroatoms. The molecule has 2 heterocycles. The second-order valence-electron chi connectivity index (χ2n) is 14.1. The highest BCUT2D eigenvalue weighted by molar-refractivity contribution is 5.63. The molecule has 0 radical (unpaired) electrons. The fourth-order valence-corrected chi connectivity index (χ4v) is 10.6. The van der Waals surface area contributed by atoms with Crippen LogP contribution in [-0.4, -0.2) is 63.2 Å². The molecule has 7 unspecified atom stereocenters. The summed E-state index contributed by atoms with van der Waals surface area (Å²) in [4.78, 5) is 0. The van der Waals surface area contributed by atoms with Gasteiger partial charge < -0.3 is 23.4 Å². The Kier molecular flexibility index (Phi) is 5.22. The lowest BCUT2D eigenvalue weighted by Gasteiger charge is -2.74. The summed E-state index contributed by atoms with van der Waals surface area (Å²) in [6.45, 7) is 6.09. The number of fused-ring (bicyclic) bond motifs is 2. The van der Waals surface area contributed by atoms with Crippen LogP contribution in [0.5, 0.6) is 11.5 Å². The van der Waals surface area contributed by atoms with Crippen molar-refractivity contribution in [3.63, 3.8) is 0 Å². The van der Waals surface area contributed by atoms with Crippen LogP contribution in [0.15, 0.2) is 36.4 Å². The second kappa shape index (κ2) is 8.24. The zero-order chi connectivity index (χ0) is 26.6. The molecular formula is C34H44NO4+. The van der Waals surface area contributed by atoms with Gasteiger partial charge in [-0.1, -0.05) is 35.9 Å². The lowest BCUT2D eigenvalue weighted by atomic mass is 9.34. The Morgan fingerprint density at radius 3 is 2.59 bits per heavy atom. The van der Waals surface area contributed by atoms with E-state index in [2.05, 4.69) is 50.4 Å². The third kappa shape index (κ3) is 3.08. The minimum atomic E-state index is -0.338. The zero-order valence-corrected chi connectivity index (χ0v) is 24.1. The fourth-order valence-electron chi connectivity index (χ4n) is 10.6. The molecule has 2 aliphatic heterocycles. The molecule has 7 aliphatic rings. The number of likely N-dealkylation sites (N-methyl/N-ethyl adjacent to an activating group) is 1. The molecular weight excluding hydrogens is 486 g/mol. The number of likely N-dealkylation sites (tertiary alicyclic amines) is 1. The van der Waals surface area contributed by atoms with Gasteiger partial charge in [0, 0.05) is 42.8 Å². The summed E-state index contributed by atoms with van der Waals surface area (Å²) in [6, 6.07) is 13.9. The van der Waals surface area contributed by atoms with Crippen LogP contribution in [0.4, 0.5) is 0 Å². The van der Waals surface area contributed by atoms with Gasteiger partial charge in [-0.05, 0) is 56.2 Å². The number of ether oxygens (including phenoxy) is 4. The summed E-state index contributed by atoms with van der Waals surface area (Å²) in [6.07, 6.45) is 8.67. The molecule has 0 N–H and O–H groups in total. The standard InChI is InChI=1S/C34H44NO4/c1-22-5-7-24(8-6-22)20-38-21-26-18-32-13-14-34(26,37-4)31-33(32)15-16-35(2,19-23-9-10-23)28(32)17-25-11-12-27(36-3)30(39-31)29(25)33/h5-8,11-12,23,26,28,31H,9-10,13-21H2,1-4H3/q+1. The Balaban J connectivity index is 1.22. The van der Waals surface area contributed by atoms with Crippen LogP contribution in [-0.2, 0) is 27.9 Å². The van der Waals surface area contributed by atoms with E-state index in [0.717, 1.165) is 36.9 Å². The van der Waals surface area contributed by atoms with Crippen molar-refractivity contribution in [3.05, 3.63) is 58.7 Å². The summed E-state index contributed by atoms with van der Waals surface area (Å²) in [5.41, 5.74) is 5.41. The van der Waals surface area contributed by atoms with Gasteiger partial charge in [-0.2, -0.15) is 0 Å². The van der Waals surface area contributed by atoms with Gasteiger partial charge in [0.15, 0.2) is 11.5 Å². The molecule has 208 valence electrons. The first-order valence-corrected chi connectivity index (χ1v) is 15.3. The molecule has 2 spiro atoms. The van der Waals surface area contributed by atoms with Gasteiger partial charge in [-0.25, -0.2) is 0 Å². The highest BCUT2D eigenvalue weighted by Gasteiger charge is 2.83. The van der Waals surface area contributed by atoms with Crippen molar-refractivity contribution in [3.8, 4) is 11.5 Å². The molecule has 5 nitrogen and oxygen atoms in total. The molecule has 1 saturated heterocycles.